The molecule has 0 bridgehead atoms. The highest BCUT2D eigenvalue weighted by atomic mass is 32.1. The normalized spacial score (nSPS) is 15.0. The van der Waals surface area contributed by atoms with Crippen LogP contribution in [0.3, 0.4) is 0 Å². The van der Waals surface area contributed by atoms with Gasteiger partial charge < -0.3 is 15.5 Å². The number of hydrogen-bond donors (Lipinski definition) is 2. The maximum Gasteiger partial charge on any atom is 0.262 e. The second-order valence-corrected chi connectivity index (χ2v) is 8.30. The number of benzene rings is 1. The van der Waals surface area contributed by atoms with Gasteiger partial charge in [0.05, 0.1) is 4.88 Å². The molecule has 1 unspecified atom stereocenters. The van der Waals surface area contributed by atoms with Crippen molar-refractivity contribution in [3.63, 3.8) is 0 Å². The molecule has 1 saturated heterocycles. The van der Waals surface area contributed by atoms with Gasteiger partial charge in [-0.05, 0) is 60.9 Å². The summed E-state index contributed by atoms with van der Waals surface area (Å²) in [6, 6.07) is 9.02. The number of nitrogens with zero attached hydrogens (tertiary/aromatic N) is 1. The molecule has 1 atom stereocenters. The highest BCUT2D eigenvalue weighted by Crippen LogP contribution is 2.27. The van der Waals surface area contributed by atoms with Crippen molar-refractivity contribution < 1.29 is 9.59 Å². The van der Waals surface area contributed by atoms with Crippen LogP contribution in [-0.4, -0.2) is 30.9 Å². The van der Waals surface area contributed by atoms with Gasteiger partial charge in [0.15, 0.2) is 0 Å². The standard InChI is InChI=1S/C21H27N3O2S/c1-14(2)19(23-20(25)18-7-6-12-27-18)21(26)22-16-8-9-17(15(3)13-16)24-10-4-5-11-24/h6-9,12-14,19H,4-5,10-11H2,1-3H3,(H,22,26)(H,23,25). The van der Waals surface area contributed by atoms with Crippen LogP contribution in [0.25, 0.3) is 0 Å². The van der Waals surface area contributed by atoms with Gasteiger partial charge in [-0.2, -0.15) is 0 Å². The van der Waals surface area contributed by atoms with E-state index < -0.39 is 6.04 Å². The Bertz CT molecular complexity index is 796. The number of carbonyl (C=O) groups excluding carboxylic acids is 2. The quantitative estimate of drug-likeness (QED) is 0.789. The molecule has 2 N–H and O–H groups in total. The largest absolute Gasteiger partial charge is 0.371 e. The highest BCUT2D eigenvalue weighted by Gasteiger charge is 2.25. The van der Waals surface area contributed by atoms with Crippen LogP contribution in [-0.2, 0) is 4.79 Å². The van der Waals surface area contributed by atoms with Crippen molar-refractivity contribution in [1.29, 1.82) is 0 Å². The Morgan fingerprint density at radius 2 is 1.89 bits per heavy atom. The summed E-state index contributed by atoms with van der Waals surface area (Å²) >= 11 is 1.37. The highest BCUT2D eigenvalue weighted by molar-refractivity contribution is 7.12. The average Bonchev–Trinajstić information content (AvgIpc) is 3.32. The molecule has 1 aliphatic heterocycles. The maximum absolute atomic E-state index is 12.8. The third kappa shape index (κ3) is 4.69. The van der Waals surface area contributed by atoms with E-state index in [0.29, 0.717) is 4.88 Å². The molecule has 2 heterocycles. The predicted octanol–water partition coefficient (Wildman–Crippen LogP) is 4.05. The number of thiophene rings is 1. The van der Waals surface area contributed by atoms with Crippen molar-refractivity contribution in [2.45, 2.75) is 39.7 Å². The van der Waals surface area contributed by atoms with Crippen LogP contribution in [0, 0.1) is 12.8 Å². The summed E-state index contributed by atoms with van der Waals surface area (Å²) in [6.07, 6.45) is 2.47. The van der Waals surface area contributed by atoms with Crippen molar-refractivity contribution in [2.75, 3.05) is 23.3 Å². The second kappa shape index (κ2) is 8.57. The lowest BCUT2D eigenvalue weighted by Gasteiger charge is -2.23. The van der Waals surface area contributed by atoms with Crippen LogP contribution in [0.15, 0.2) is 35.7 Å². The molecule has 1 aromatic heterocycles. The summed E-state index contributed by atoms with van der Waals surface area (Å²) in [4.78, 5) is 28.1. The molecular weight excluding hydrogens is 358 g/mol. The Morgan fingerprint density at radius 1 is 1.15 bits per heavy atom. The number of amides is 2. The Labute approximate surface area is 164 Å². The monoisotopic (exact) mass is 385 g/mol. The fraction of sp³-hybridized carbons (Fsp3) is 0.429. The molecule has 144 valence electrons. The van der Waals surface area contributed by atoms with Crippen LogP contribution in [0.2, 0.25) is 0 Å². The molecule has 1 fully saturated rings. The first-order chi connectivity index (χ1) is 13.0. The van der Waals surface area contributed by atoms with Crippen molar-refractivity contribution >= 4 is 34.5 Å². The van der Waals surface area contributed by atoms with E-state index in [9.17, 15) is 9.59 Å². The molecule has 0 spiro atoms. The molecule has 6 heteroatoms. The first-order valence-electron chi connectivity index (χ1n) is 9.46. The van der Waals surface area contributed by atoms with E-state index in [1.807, 2.05) is 37.4 Å². The van der Waals surface area contributed by atoms with Crippen LogP contribution in [0.4, 0.5) is 11.4 Å². The van der Waals surface area contributed by atoms with Gasteiger partial charge in [0.1, 0.15) is 6.04 Å². The lowest BCUT2D eigenvalue weighted by Crippen LogP contribution is -2.46. The zero-order chi connectivity index (χ0) is 19.4. The van der Waals surface area contributed by atoms with E-state index >= 15 is 0 Å². The molecule has 2 amide bonds. The summed E-state index contributed by atoms with van der Waals surface area (Å²) in [5.74, 6) is -0.415. The van der Waals surface area contributed by atoms with E-state index in [1.165, 1.54) is 29.9 Å². The fourth-order valence-corrected chi connectivity index (χ4v) is 4.05. The SMILES string of the molecule is Cc1cc(NC(=O)C(NC(=O)c2cccs2)C(C)C)ccc1N1CCCC1. The molecule has 0 radical (unpaired) electrons. The summed E-state index contributed by atoms with van der Waals surface area (Å²) in [5, 5.41) is 7.68. The number of rotatable bonds is 6. The van der Waals surface area contributed by atoms with E-state index in [0.717, 1.165) is 24.3 Å². The average molecular weight is 386 g/mol. The van der Waals surface area contributed by atoms with Gasteiger partial charge in [-0.15, -0.1) is 11.3 Å². The zero-order valence-corrected chi connectivity index (χ0v) is 16.9. The summed E-state index contributed by atoms with van der Waals surface area (Å²) in [7, 11) is 0. The summed E-state index contributed by atoms with van der Waals surface area (Å²) < 4.78 is 0. The summed E-state index contributed by atoms with van der Waals surface area (Å²) in [5.41, 5.74) is 3.15. The summed E-state index contributed by atoms with van der Waals surface area (Å²) in [6.45, 7) is 8.12. The molecule has 0 aliphatic carbocycles. The number of anilines is 2. The molecular formula is C21H27N3O2S. The zero-order valence-electron chi connectivity index (χ0n) is 16.1. The Morgan fingerprint density at radius 3 is 2.48 bits per heavy atom. The molecule has 0 saturated carbocycles. The minimum atomic E-state index is -0.585. The molecule has 2 aromatic rings. The number of carbonyl (C=O) groups is 2. The van der Waals surface area contributed by atoms with Crippen LogP contribution >= 0.6 is 11.3 Å². The Balaban J connectivity index is 1.68. The first-order valence-corrected chi connectivity index (χ1v) is 10.3. The minimum absolute atomic E-state index is 0.0149. The van der Waals surface area contributed by atoms with E-state index in [-0.39, 0.29) is 17.7 Å². The lowest BCUT2D eigenvalue weighted by molar-refractivity contribution is -0.118. The van der Waals surface area contributed by atoms with Gasteiger partial charge in [-0.3, -0.25) is 9.59 Å². The van der Waals surface area contributed by atoms with E-state index in [1.54, 1.807) is 6.07 Å². The molecule has 5 nitrogen and oxygen atoms in total. The van der Waals surface area contributed by atoms with Gasteiger partial charge in [-0.1, -0.05) is 19.9 Å². The Hall–Kier alpha value is -2.34. The van der Waals surface area contributed by atoms with Crippen molar-refractivity contribution in [3.05, 3.63) is 46.2 Å². The number of nitrogens with one attached hydrogen (secondary N) is 2. The molecule has 1 aliphatic rings. The van der Waals surface area contributed by atoms with Gasteiger partial charge in [-0.25, -0.2) is 0 Å². The number of aryl methyl sites for hydroxylation is 1. The minimum Gasteiger partial charge on any atom is -0.371 e. The van der Waals surface area contributed by atoms with Crippen molar-refractivity contribution in [2.24, 2.45) is 5.92 Å². The van der Waals surface area contributed by atoms with E-state index in [2.05, 4.69) is 28.5 Å². The van der Waals surface area contributed by atoms with Gasteiger partial charge >= 0.3 is 0 Å². The lowest BCUT2D eigenvalue weighted by atomic mass is 10.0. The number of hydrogen-bond acceptors (Lipinski definition) is 4. The fourth-order valence-electron chi connectivity index (χ4n) is 3.42. The van der Waals surface area contributed by atoms with Gasteiger partial charge in [0.2, 0.25) is 5.91 Å². The molecule has 3 rings (SSSR count). The Kier molecular flexibility index (Phi) is 6.16. The van der Waals surface area contributed by atoms with Crippen molar-refractivity contribution in [3.8, 4) is 0 Å². The van der Waals surface area contributed by atoms with Crippen molar-refractivity contribution in [1.82, 2.24) is 5.32 Å². The van der Waals surface area contributed by atoms with Crippen LogP contribution in [0.5, 0.6) is 0 Å². The maximum atomic E-state index is 12.8. The predicted molar refractivity (Wildman–Crippen MR) is 112 cm³/mol. The van der Waals surface area contributed by atoms with Crippen LogP contribution < -0.4 is 15.5 Å². The third-order valence-corrected chi connectivity index (χ3v) is 5.76. The van der Waals surface area contributed by atoms with Crippen LogP contribution in [0.1, 0.15) is 41.9 Å². The molecule has 27 heavy (non-hydrogen) atoms. The smallest absolute Gasteiger partial charge is 0.262 e. The molecule has 1 aromatic carbocycles. The van der Waals surface area contributed by atoms with Gasteiger partial charge in [0, 0.05) is 24.5 Å². The second-order valence-electron chi connectivity index (χ2n) is 7.36. The third-order valence-electron chi connectivity index (χ3n) is 4.89. The topological polar surface area (TPSA) is 61.4 Å². The van der Waals surface area contributed by atoms with E-state index in [4.69, 9.17) is 0 Å². The van der Waals surface area contributed by atoms with Gasteiger partial charge in [0.25, 0.3) is 5.91 Å². The first kappa shape index (κ1) is 19.4.